The van der Waals surface area contributed by atoms with Crippen LogP contribution in [-0.2, 0) is 9.59 Å². The molecular formula is C30H28F3NO6. The van der Waals surface area contributed by atoms with Gasteiger partial charge in [-0.05, 0) is 78.1 Å². The fourth-order valence-electron chi connectivity index (χ4n) is 4.76. The van der Waals surface area contributed by atoms with Crippen LogP contribution in [0.4, 0.5) is 18.9 Å². The van der Waals surface area contributed by atoms with Crippen LogP contribution in [0.25, 0.3) is 5.76 Å². The van der Waals surface area contributed by atoms with E-state index in [1.165, 1.54) is 19.2 Å². The van der Waals surface area contributed by atoms with Crippen LogP contribution in [0.15, 0.2) is 66.2 Å². The van der Waals surface area contributed by atoms with Crippen LogP contribution in [0.1, 0.15) is 48.1 Å². The lowest BCUT2D eigenvalue weighted by Gasteiger charge is -2.26. The Labute approximate surface area is 229 Å². The summed E-state index contributed by atoms with van der Waals surface area (Å²) in [6.07, 6.45) is -4.89. The summed E-state index contributed by atoms with van der Waals surface area (Å²) in [5.41, 5.74) is 2.18. The summed E-state index contributed by atoms with van der Waals surface area (Å²) in [6.45, 7) is 5.66. The number of rotatable bonds is 7. The molecule has 0 aromatic heterocycles. The Morgan fingerprint density at radius 1 is 0.950 bits per heavy atom. The zero-order valence-electron chi connectivity index (χ0n) is 22.5. The minimum atomic E-state index is -4.89. The fourth-order valence-corrected chi connectivity index (χ4v) is 4.76. The van der Waals surface area contributed by atoms with E-state index in [-0.39, 0.29) is 22.9 Å². The molecule has 3 aromatic carbocycles. The normalized spacial score (nSPS) is 16.9. The van der Waals surface area contributed by atoms with E-state index in [1.54, 1.807) is 50.4 Å². The summed E-state index contributed by atoms with van der Waals surface area (Å²) in [7, 11) is 3.00. The van der Waals surface area contributed by atoms with Crippen molar-refractivity contribution in [2.24, 2.45) is 0 Å². The molecule has 1 saturated heterocycles. The van der Waals surface area contributed by atoms with Crippen LogP contribution in [0, 0.1) is 6.92 Å². The second-order valence-corrected chi connectivity index (χ2v) is 9.55. The van der Waals surface area contributed by atoms with Crippen molar-refractivity contribution in [2.75, 3.05) is 19.1 Å². The number of Topliss-reactive ketones (excluding diaryl/α,β-unsaturated/α-hetero) is 1. The molecule has 10 heteroatoms. The van der Waals surface area contributed by atoms with Crippen molar-refractivity contribution in [3.63, 3.8) is 0 Å². The number of aryl methyl sites for hydroxylation is 1. The second kappa shape index (κ2) is 11.0. The Kier molecular flexibility index (Phi) is 7.81. The Morgan fingerprint density at radius 3 is 2.20 bits per heavy atom. The number of aliphatic hydroxyl groups is 1. The SMILES string of the molecule is COc1cccc(C2/C(=C(\O)c3cc(C(C)C)c(OC)cc3C)C(=O)C(=O)N2c2ccc(OC(F)(F)F)cc2)c1. The number of carbonyl (C=O) groups is 2. The maximum Gasteiger partial charge on any atom is 0.573 e. The van der Waals surface area contributed by atoms with Crippen molar-refractivity contribution in [1.29, 1.82) is 0 Å². The van der Waals surface area contributed by atoms with Gasteiger partial charge in [0, 0.05) is 11.3 Å². The van der Waals surface area contributed by atoms with Gasteiger partial charge in [-0.2, -0.15) is 0 Å². The number of hydrogen-bond acceptors (Lipinski definition) is 6. The average Bonchev–Trinajstić information content (AvgIpc) is 3.17. The highest BCUT2D eigenvalue weighted by Crippen LogP contribution is 2.44. The van der Waals surface area contributed by atoms with Gasteiger partial charge in [0.05, 0.1) is 25.8 Å². The molecular weight excluding hydrogens is 527 g/mol. The van der Waals surface area contributed by atoms with Crippen LogP contribution in [0.5, 0.6) is 17.2 Å². The fraction of sp³-hybridized carbons (Fsp3) is 0.267. The average molecular weight is 556 g/mol. The Morgan fingerprint density at radius 2 is 1.62 bits per heavy atom. The van der Waals surface area contributed by atoms with Gasteiger partial charge in [0.25, 0.3) is 11.7 Å². The molecule has 1 N–H and O–H groups in total. The maximum absolute atomic E-state index is 13.5. The van der Waals surface area contributed by atoms with Crippen molar-refractivity contribution in [1.82, 2.24) is 0 Å². The molecule has 0 spiro atoms. The molecule has 1 amide bonds. The lowest BCUT2D eigenvalue weighted by Crippen LogP contribution is -2.29. The molecule has 7 nitrogen and oxygen atoms in total. The summed E-state index contributed by atoms with van der Waals surface area (Å²) in [6, 6.07) is 13.6. The first-order chi connectivity index (χ1) is 18.9. The van der Waals surface area contributed by atoms with E-state index in [0.29, 0.717) is 28.2 Å². The first kappa shape index (κ1) is 28.5. The Balaban J connectivity index is 1.93. The van der Waals surface area contributed by atoms with Crippen LogP contribution in [0.3, 0.4) is 0 Å². The number of benzene rings is 3. The number of methoxy groups -OCH3 is 2. The molecule has 0 radical (unpaired) electrons. The molecule has 210 valence electrons. The molecule has 1 fully saturated rings. The van der Waals surface area contributed by atoms with Crippen molar-refractivity contribution < 1.29 is 42.1 Å². The number of aliphatic hydroxyl groups excluding tert-OH is 1. The molecule has 1 heterocycles. The number of hydrogen-bond donors (Lipinski definition) is 1. The molecule has 1 aliphatic rings. The van der Waals surface area contributed by atoms with E-state index in [0.717, 1.165) is 22.6 Å². The molecule has 1 unspecified atom stereocenters. The van der Waals surface area contributed by atoms with Crippen molar-refractivity contribution in [3.05, 3.63) is 88.5 Å². The number of anilines is 1. The predicted octanol–water partition coefficient (Wildman–Crippen LogP) is 6.66. The molecule has 1 atom stereocenters. The first-order valence-electron chi connectivity index (χ1n) is 12.4. The molecule has 3 aromatic rings. The van der Waals surface area contributed by atoms with E-state index in [2.05, 4.69) is 4.74 Å². The highest BCUT2D eigenvalue weighted by atomic mass is 19.4. The van der Waals surface area contributed by atoms with E-state index in [9.17, 15) is 27.9 Å². The molecule has 1 aliphatic heterocycles. The third-order valence-electron chi connectivity index (χ3n) is 6.66. The number of amides is 1. The van der Waals surface area contributed by atoms with Crippen LogP contribution >= 0.6 is 0 Å². The minimum Gasteiger partial charge on any atom is -0.507 e. The molecule has 0 saturated carbocycles. The first-order valence-corrected chi connectivity index (χ1v) is 12.4. The van der Waals surface area contributed by atoms with E-state index in [4.69, 9.17) is 9.47 Å². The van der Waals surface area contributed by atoms with Crippen molar-refractivity contribution >= 4 is 23.1 Å². The summed E-state index contributed by atoms with van der Waals surface area (Å²) in [5.74, 6) is -1.67. The summed E-state index contributed by atoms with van der Waals surface area (Å²) < 4.78 is 52.8. The van der Waals surface area contributed by atoms with Gasteiger partial charge in [0.2, 0.25) is 0 Å². The summed E-state index contributed by atoms with van der Waals surface area (Å²) >= 11 is 0. The molecule has 40 heavy (non-hydrogen) atoms. The van der Waals surface area contributed by atoms with Gasteiger partial charge in [-0.15, -0.1) is 13.2 Å². The van der Waals surface area contributed by atoms with Gasteiger partial charge in [-0.25, -0.2) is 0 Å². The Bertz CT molecular complexity index is 1480. The summed E-state index contributed by atoms with van der Waals surface area (Å²) in [5, 5.41) is 11.6. The van der Waals surface area contributed by atoms with Gasteiger partial charge >= 0.3 is 6.36 Å². The van der Waals surface area contributed by atoms with Gasteiger partial charge < -0.3 is 19.3 Å². The summed E-state index contributed by atoms with van der Waals surface area (Å²) in [4.78, 5) is 28.1. The largest absolute Gasteiger partial charge is 0.573 e. The number of nitrogens with zero attached hydrogens (tertiary/aromatic N) is 1. The highest BCUT2D eigenvalue weighted by Gasteiger charge is 2.47. The zero-order chi connectivity index (χ0) is 29.4. The number of carbonyl (C=O) groups excluding carboxylic acids is 2. The smallest absolute Gasteiger partial charge is 0.507 e. The lowest BCUT2D eigenvalue weighted by molar-refractivity contribution is -0.274. The van der Waals surface area contributed by atoms with Gasteiger partial charge in [0.15, 0.2) is 0 Å². The van der Waals surface area contributed by atoms with Gasteiger partial charge in [-0.1, -0.05) is 26.0 Å². The van der Waals surface area contributed by atoms with Gasteiger partial charge in [0.1, 0.15) is 23.0 Å². The topological polar surface area (TPSA) is 85.3 Å². The van der Waals surface area contributed by atoms with E-state index >= 15 is 0 Å². The standard InChI is InChI=1S/C30H28F3NO6/c1-16(2)22-15-23(17(3)13-24(22)39-5)27(35)25-26(18-7-6-8-21(14-18)38-4)34(29(37)28(25)36)19-9-11-20(12-10-19)40-30(31,32)33/h6-16,26,35H,1-5H3/b27-25+. The van der Waals surface area contributed by atoms with E-state index < -0.39 is 29.8 Å². The zero-order valence-corrected chi connectivity index (χ0v) is 22.5. The quantitative estimate of drug-likeness (QED) is 0.199. The predicted molar refractivity (Wildman–Crippen MR) is 143 cm³/mol. The Hall–Kier alpha value is -4.47. The van der Waals surface area contributed by atoms with Crippen LogP contribution in [-0.4, -0.2) is 37.4 Å². The molecule has 4 rings (SSSR count). The third-order valence-corrected chi connectivity index (χ3v) is 6.66. The number of halogens is 3. The van der Waals surface area contributed by atoms with Crippen molar-refractivity contribution in [2.45, 2.75) is 39.1 Å². The monoisotopic (exact) mass is 555 g/mol. The van der Waals surface area contributed by atoms with Crippen LogP contribution < -0.4 is 19.1 Å². The van der Waals surface area contributed by atoms with E-state index in [1.807, 2.05) is 13.8 Å². The van der Waals surface area contributed by atoms with Gasteiger partial charge in [-0.3, -0.25) is 14.5 Å². The molecule has 0 aliphatic carbocycles. The number of ketones is 1. The second-order valence-electron chi connectivity index (χ2n) is 9.55. The minimum absolute atomic E-state index is 0.0242. The van der Waals surface area contributed by atoms with Crippen LogP contribution in [0.2, 0.25) is 0 Å². The maximum atomic E-state index is 13.5. The third kappa shape index (κ3) is 5.47. The number of alkyl halides is 3. The van der Waals surface area contributed by atoms with Crippen molar-refractivity contribution in [3.8, 4) is 17.2 Å². The highest BCUT2D eigenvalue weighted by molar-refractivity contribution is 6.51. The number of ether oxygens (including phenoxy) is 3. The molecule has 0 bridgehead atoms. The lowest BCUT2D eigenvalue weighted by atomic mass is 9.91.